The first-order valence-electron chi connectivity index (χ1n) is 5.35. The van der Waals surface area contributed by atoms with Crippen molar-refractivity contribution in [3.63, 3.8) is 0 Å². The van der Waals surface area contributed by atoms with Gasteiger partial charge in [0.25, 0.3) is 0 Å². The first kappa shape index (κ1) is 11.4. The largest absolute Gasteiger partial charge is 0.469 e. The molecule has 0 bridgehead atoms. The Morgan fingerprint density at radius 2 is 2.29 bits per heavy atom. The van der Waals surface area contributed by atoms with Crippen LogP contribution in [0.4, 0.5) is 11.4 Å². The van der Waals surface area contributed by atoms with Gasteiger partial charge in [0.2, 0.25) is 5.91 Å². The van der Waals surface area contributed by atoms with E-state index in [1.54, 1.807) is 29.2 Å². The highest BCUT2D eigenvalue weighted by Crippen LogP contribution is 2.26. The molecule has 5 heteroatoms. The molecule has 1 aromatic carbocycles. The summed E-state index contributed by atoms with van der Waals surface area (Å²) in [6.07, 6.45) is 0.196. The highest BCUT2D eigenvalue weighted by atomic mass is 16.5. The van der Waals surface area contributed by atoms with Gasteiger partial charge in [0, 0.05) is 24.3 Å². The molecule has 2 rings (SSSR count). The summed E-state index contributed by atoms with van der Waals surface area (Å²) in [7, 11) is 1.33. The van der Waals surface area contributed by atoms with Crippen molar-refractivity contribution in [1.29, 1.82) is 0 Å². The minimum absolute atomic E-state index is 0.0778. The van der Waals surface area contributed by atoms with Gasteiger partial charge in [-0.3, -0.25) is 9.59 Å². The van der Waals surface area contributed by atoms with Gasteiger partial charge >= 0.3 is 5.97 Å². The summed E-state index contributed by atoms with van der Waals surface area (Å²) in [5.74, 6) is -0.801. The molecule has 1 heterocycles. The number of amides is 1. The van der Waals surface area contributed by atoms with Gasteiger partial charge in [0.15, 0.2) is 0 Å². The zero-order valence-electron chi connectivity index (χ0n) is 9.55. The summed E-state index contributed by atoms with van der Waals surface area (Å²) >= 11 is 0. The van der Waals surface area contributed by atoms with Crippen molar-refractivity contribution in [3.8, 4) is 0 Å². The van der Waals surface area contributed by atoms with Crippen molar-refractivity contribution in [2.75, 3.05) is 24.3 Å². The van der Waals surface area contributed by atoms with Crippen LogP contribution in [0.2, 0.25) is 0 Å². The topological polar surface area (TPSA) is 72.6 Å². The molecule has 90 valence electrons. The van der Waals surface area contributed by atoms with Crippen LogP contribution >= 0.6 is 0 Å². The Labute approximate surface area is 99.2 Å². The lowest BCUT2D eigenvalue weighted by Crippen LogP contribution is -2.26. The molecule has 1 aromatic rings. The maximum atomic E-state index is 11.8. The van der Waals surface area contributed by atoms with E-state index >= 15 is 0 Å². The second-order valence-corrected chi connectivity index (χ2v) is 4.02. The predicted molar refractivity (Wildman–Crippen MR) is 63.3 cm³/mol. The second kappa shape index (κ2) is 4.45. The maximum absolute atomic E-state index is 11.8. The number of benzene rings is 1. The van der Waals surface area contributed by atoms with Gasteiger partial charge < -0.3 is 15.4 Å². The van der Waals surface area contributed by atoms with Gasteiger partial charge in [-0.25, -0.2) is 0 Å². The van der Waals surface area contributed by atoms with Crippen LogP contribution in [-0.4, -0.2) is 25.5 Å². The third kappa shape index (κ3) is 2.22. The van der Waals surface area contributed by atoms with Crippen molar-refractivity contribution in [2.24, 2.45) is 5.92 Å². The predicted octanol–water partition coefficient (Wildman–Crippen LogP) is 0.795. The number of nitrogen functional groups attached to an aromatic ring is 1. The Bertz CT molecular complexity index is 459. The molecular weight excluding hydrogens is 220 g/mol. The average molecular weight is 234 g/mol. The molecule has 0 radical (unpaired) electrons. The highest BCUT2D eigenvalue weighted by Gasteiger charge is 2.35. The molecule has 1 fully saturated rings. The van der Waals surface area contributed by atoms with E-state index in [9.17, 15) is 9.59 Å². The lowest BCUT2D eigenvalue weighted by molar-refractivity contribution is -0.145. The molecule has 1 aliphatic rings. The number of hydrogen-bond acceptors (Lipinski definition) is 4. The number of nitrogens with two attached hydrogens (primary N) is 1. The molecule has 1 aliphatic heterocycles. The zero-order chi connectivity index (χ0) is 12.4. The SMILES string of the molecule is COC(=O)[C@@H]1CC(=O)N(c2cccc(N)c2)C1. The molecule has 0 spiro atoms. The Morgan fingerprint density at radius 1 is 1.53 bits per heavy atom. The Kier molecular flexibility index (Phi) is 2.99. The first-order chi connectivity index (χ1) is 8.11. The van der Waals surface area contributed by atoms with Gasteiger partial charge in [-0.05, 0) is 18.2 Å². The van der Waals surface area contributed by atoms with Crippen molar-refractivity contribution in [2.45, 2.75) is 6.42 Å². The van der Waals surface area contributed by atoms with Gasteiger partial charge in [-0.2, -0.15) is 0 Å². The molecule has 17 heavy (non-hydrogen) atoms. The minimum Gasteiger partial charge on any atom is -0.469 e. The number of hydrogen-bond donors (Lipinski definition) is 1. The van der Waals surface area contributed by atoms with Gasteiger partial charge in [0.1, 0.15) is 0 Å². The fourth-order valence-electron chi connectivity index (χ4n) is 1.97. The van der Waals surface area contributed by atoms with Gasteiger partial charge in [-0.1, -0.05) is 6.07 Å². The second-order valence-electron chi connectivity index (χ2n) is 4.02. The van der Waals surface area contributed by atoms with Crippen molar-refractivity contribution >= 4 is 23.3 Å². The van der Waals surface area contributed by atoms with E-state index < -0.39 is 0 Å². The first-order valence-corrected chi connectivity index (χ1v) is 5.35. The van der Waals surface area contributed by atoms with Crippen molar-refractivity contribution < 1.29 is 14.3 Å². The fourth-order valence-corrected chi connectivity index (χ4v) is 1.97. The summed E-state index contributed by atoms with van der Waals surface area (Å²) < 4.78 is 4.65. The highest BCUT2D eigenvalue weighted by molar-refractivity contribution is 5.99. The molecule has 1 amide bonds. The van der Waals surface area contributed by atoms with E-state index in [4.69, 9.17) is 5.73 Å². The molecular formula is C12H14N2O3. The third-order valence-electron chi connectivity index (χ3n) is 2.84. The third-order valence-corrected chi connectivity index (χ3v) is 2.84. The van der Waals surface area contributed by atoms with Crippen LogP contribution in [0.5, 0.6) is 0 Å². The minimum atomic E-state index is -0.381. The van der Waals surface area contributed by atoms with E-state index in [0.717, 1.165) is 5.69 Å². The smallest absolute Gasteiger partial charge is 0.311 e. The summed E-state index contributed by atoms with van der Waals surface area (Å²) in [5.41, 5.74) is 6.98. The monoisotopic (exact) mass is 234 g/mol. The van der Waals surface area contributed by atoms with Crippen LogP contribution in [0, 0.1) is 5.92 Å². The van der Waals surface area contributed by atoms with E-state index in [2.05, 4.69) is 4.74 Å². The maximum Gasteiger partial charge on any atom is 0.311 e. The summed E-state index contributed by atoms with van der Waals surface area (Å²) in [5, 5.41) is 0. The number of nitrogens with zero attached hydrogens (tertiary/aromatic N) is 1. The standard InChI is InChI=1S/C12H14N2O3/c1-17-12(16)8-5-11(15)14(7-8)10-4-2-3-9(13)6-10/h2-4,6,8H,5,7,13H2,1H3/t8-/m1/s1. The average Bonchev–Trinajstić information content (AvgIpc) is 2.70. The van der Waals surface area contributed by atoms with E-state index in [-0.39, 0.29) is 24.2 Å². The number of methoxy groups -OCH3 is 1. The van der Waals surface area contributed by atoms with Crippen LogP contribution in [0.15, 0.2) is 24.3 Å². The number of ether oxygens (including phenoxy) is 1. The van der Waals surface area contributed by atoms with Crippen molar-refractivity contribution in [1.82, 2.24) is 0 Å². The van der Waals surface area contributed by atoms with Crippen LogP contribution in [0.3, 0.4) is 0 Å². The van der Waals surface area contributed by atoms with E-state index in [0.29, 0.717) is 12.2 Å². The van der Waals surface area contributed by atoms with Crippen molar-refractivity contribution in [3.05, 3.63) is 24.3 Å². The normalized spacial score (nSPS) is 19.5. The molecule has 2 N–H and O–H groups in total. The Balaban J connectivity index is 2.18. The van der Waals surface area contributed by atoms with Crippen LogP contribution in [0.1, 0.15) is 6.42 Å². The van der Waals surface area contributed by atoms with Gasteiger partial charge in [0.05, 0.1) is 13.0 Å². The molecule has 1 atom stereocenters. The zero-order valence-corrected chi connectivity index (χ0v) is 9.55. The van der Waals surface area contributed by atoms with Crippen LogP contribution < -0.4 is 10.6 Å². The lowest BCUT2D eigenvalue weighted by atomic mass is 10.1. The molecule has 1 saturated heterocycles. The number of carbonyl (C=O) groups is 2. The Hall–Kier alpha value is -2.04. The Morgan fingerprint density at radius 3 is 2.94 bits per heavy atom. The molecule has 0 saturated carbocycles. The number of rotatable bonds is 2. The number of esters is 1. The molecule has 0 unspecified atom stereocenters. The van der Waals surface area contributed by atoms with E-state index in [1.165, 1.54) is 7.11 Å². The summed E-state index contributed by atoms with van der Waals surface area (Å²) in [4.78, 5) is 24.7. The molecule has 0 aromatic heterocycles. The molecule has 0 aliphatic carbocycles. The quantitative estimate of drug-likeness (QED) is 0.606. The number of anilines is 2. The number of carbonyl (C=O) groups excluding carboxylic acids is 2. The lowest BCUT2D eigenvalue weighted by Gasteiger charge is -2.16. The summed E-state index contributed by atoms with van der Waals surface area (Å²) in [6.45, 7) is 0.356. The van der Waals surface area contributed by atoms with Crippen LogP contribution in [0.25, 0.3) is 0 Å². The van der Waals surface area contributed by atoms with E-state index in [1.807, 2.05) is 0 Å². The fraction of sp³-hybridized carbons (Fsp3) is 0.333. The van der Waals surface area contributed by atoms with Gasteiger partial charge in [-0.15, -0.1) is 0 Å². The van der Waals surface area contributed by atoms with Crippen LogP contribution in [-0.2, 0) is 14.3 Å². The summed E-state index contributed by atoms with van der Waals surface area (Å²) in [6, 6.07) is 7.05. The molecule has 5 nitrogen and oxygen atoms in total.